The number of rotatable bonds is 6. The molecule has 10 heteroatoms. The number of halogens is 1. The maximum atomic E-state index is 14.6. The summed E-state index contributed by atoms with van der Waals surface area (Å²) in [5, 5.41) is 18.7. The highest BCUT2D eigenvalue weighted by molar-refractivity contribution is 5.91. The number of nitrogens with one attached hydrogen (secondary N) is 1. The molecule has 0 atom stereocenters. The third-order valence-corrected chi connectivity index (χ3v) is 5.30. The summed E-state index contributed by atoms with van der Waals surface area (Å²) in [6, 6.07) is 11.8. The molecule has 0 saturated carbocycles. The number of benzene rings is 3. The van der Waals surface area contributed by atoms with Crippen LogP contribution in [0.5, 0.6) is 11.5 Å². The van der Waals surface area contributed by atoms with E-state index in [1.165, 1.54) is 38.5 Å². The molecule has 0 saturated heterocycles. The van der Waals surface area contributed by atoms with Crippen molar-refractivity contribution in [2.75, 3.05) is 20.0 Å². The number of aromatic nitrogens is 2. The number of hydrogen-bond donors (Lipinski definition) is 2. The normalized spacial score (nSPS) is 10.9. The summed E-state index contributed by atoms with van der Waals surface area (Å²) >= 11 is 0. The van der Waals surface area contributed by atoms with Gasteiger partial charge in [0.1, 0.15) is 23.0 Å². The Kier molecular flexibility index (Phi) is 5.65. The number of nitrogen functional groups attached to an aromatic ring is 1. The summed E-state index contributed by atoms with van der Waals surface area (Å²) in [6.07, 6.45) is 0.236. The highest BCUT2D eigenvalue weighted by Gasteiger charge is 2.18. The minimum absolute atomic E-state index is 0.00764. The predicted molar refractivity (Wildman–Crippen MR) is 121 cm³/mol. The van der Waals surface area contributed by atoms with E-state index in [-0.39, 0.29) is 23.4 Å². The van der Waals surface area contributed by atoms with Crippen LogP contribution < -0.4 is 20.8 Å². The van der Waals surface area contributed by atoms with E-state index in [2.05, 4.69) is 10.2 Å². The second-order valence-electron chi connectivity index (χ2n) is 7.27. The average molecular weight is 450 g/mol. The Morgan fingerprint density at radius 3 is 2.61 bits per heavy atom. The number of hydrogen-bond acceptors (Lipinski definition) is 7. The van der Waals surface area contributed by atoms with E-state index in [9.17, 15) is 19.3 Å². The number of methoxy groups -OCH3 is 2. The monoisotopic (exact) mass is 450 g/mol. The Bertz CT molecular complexity index is 1450. The topological polar surface area (TPSA) is 133 Å². The molecule has 0 bridgehead atoms. The van der Waals surface area contributed by atoms with E-state index in [1.54, 1.807) is 24.3 Å². The maximum absolute atomic E-state index is 14.6. The Morgan fingerprint density at radius 2 is 1.91 bits per heavy atom. The van der Waals surface area contributed by atoms with E-state index in [4.69, 9.17) is 15.2 Å². The van der Waals surface area contributed by atoms with Gasteiger partial charge >= 0.3 is 0 Å². The molecule has 4 aromatic rings. The number of nitrogens with zero attached hydrogens (tertiary/aromatic N) is 2. The number of aromatic amines is 1. The Labute approximate surface area is 186 Å². The van der Waals surface area contributed by atoms with Gasteiger partial charge in [0.25, 0.3) is 11.2 Å². The molecule has 0 amide bonds. The standard InChI is InChI=1S/C23H19FN4O5/c1-32-14-10-16-22(21(11-14)33-2)19(26-27-23(16)29)8-12-3-5-17(24)15(7-12)13-4-6-18(25)20(9-13)28(30)31/h3-7,9-11H,8,25H2,1-2H3,(H,27,29). The van der Waals surface area contributed by atoms with E-state index in [1.807, 2.05) is 0 Å². The van der Waals surface area contributed by atoms with Crippen LogP contribution in [0.1, 0.15) is 11.3 Å². The van der Waals surface area contributed by atoms with Gasteiger partial charge in [-0.1, -0.05) is 12.1 Å². The van der Waals surface area contributed by atoms with Crippen molar-refractivity contribution in [1.29, 1.82) is 0 Å². The first-order valence-electron chi connectivity index (χ1n) is 9.78. The number of nitro benzene ring substituents is 1. The molecule has 1 aromatic heterocycles. The molecule has 168 valence electrons. The quantitative estimate of drug-likeness (QED) is 0.259. The zero-order valence-corrected chi connectivity index (χ0v) is 17.7. The summed E-state index contributed by atoms with van der Waals surface area (Å²) in [5.41, 5.74) is 6.62. The first-order chi connectivity index (χ1) is 15.8. The zero-order valence-electron chi connectivity index (χ0n) is 17.7. The van der Waals surface area contributed by atoms with E-state index < -0.39 is 16.3 Å². The number of fused-ring (bicyclic) bond motifs is 1. The molecule has 4 rings (SSSR count). The van der Waals surface area contributed by atoms with Crippen molar-refractivity contribution in [2.45, 2.75) is 6.42 Å². The van der Waals surface area contributed by atoms with Gasteiger partial charge in [0, 0.05) is 24.1 Å². The second-order valence-corrected chi connectivity index (χ2v) is 7.27. The highest BCUT2D eigenvalue weighted by atomic mass is 19.1. The molecule has 0 aliphatic rings. The smallest absolute Gasteiger partial charge is 0.292 e. The summed E-state index contributed by atoms with van der Waals surface area (Å²) in [6.45, 7) is 0. The molecule has 3 N–H and O–H groups in total. The van der Waals surface area contributed by atoms with Gasteiger partial charge in [0.05, 0.1) is 35.6 Å². The number of anilines is 1. The van der Waals surface area contributed by atoms with Crippen molar-refractivity contribution >= 4 is 22.1 Å². The molecule has 0 fully saturated rings. The molecule has 0 radical (unpaired) electrons. The molecule has 0 spiro atoms. The van der Waals surface area contributed by atoms with Gasteiger partial charge in [-0.05, 0) is 35.4 Å². The number of nitro groups is 1. The van der Waals surface area contributed by atoms with Crippen LogP contribution in [0.3, 0.4) is 0 Å². The molecule has 33 heavy (non-hydrogen) atoms. The largest absolute Gasteiger partial charge is 0.497 e. The molecule has 1 heterocycles. The van der Waals surface area contributed by atoms with Crippen LogP contribution in [-0.4, -0.2) is 29.3 Å². The predicted octanol–water partition coefficient (Wildman–Crippen LogP) is 3.83. The molecular weight excluding hydrogens is 431 g/mol. The van der Waals surface area contributed by atoms with E-state index in [0.29, 0.717) is 39.1 Å². The van der Waals surface area contributed by atoms with Gasteiger partial charge in [-0.25, -0.2) is 9.49 Å². The lowest BCUT2D eigenvalue weighted by atomic mass is 9.98. The van der Waals surface area contributed by atoms with E-state index in [0.717, 1.165) is 0 Å². The first kappa shape index (κ1) is 21.8. The van der Waals surface area contributed by atoms with E-state index >= 15 is 0 Å². The molecule has 0 aliphatic heterocycles. The van der Waals surface area contributed by atoms with Gasteiger partial charge in [-0.3, -0.25) is 14.9 Å². The first-order valence-corrected chi connectivity index (χ1v) is 9.78. The van der Waals surface area contributed by atoms with Gasteiger partial charge in [0.2, 0.25) is 0 Å². The van der Waals surface area contributed by atoms with Crippen molar-refractivity contribution in [3.63, 3.8) is 0 Å². The third kappa shape index (κ3) is 4.05. The minimum Gasteiger partial charge on any atom is -0.497 e. The van der Waals surface area contributed by atoms with Crippen LogP contribution in [-0.2, 0) is 6.42 Å². The lowest BCUT2D eigenvalue weighted by molar-refractivity contribution is -0.383. The molecule has 0 unspecified atom stereocenters. The maximum Gasteiger partial charge on any atom is 0.292 e. The second kappa shape index (κ2) is 8.58. The van der Waals surface area contributed by atoms with Crippen molar-refractivity contribution in [1.82, 2.24) is 10.2 Å². The van der Waals surface area contributed by atoms with Crippen molar-refractivity contribution in [3.8, 4) is 22.6 Å². The van der Waals surface area contributed by atoms with Crippen molar-refractivity contribution in [3.05, 3.63) is 86.1 Å². The van der Waals surface area contributed by atoms with Crippen molar-refractivity contribution < 1.29 is 18.8 Å². The van der Waals surface area contributed by atoms with Gasteiger partial charge in [-0.15, -0.1) is 0 Å². The zero-order chi connectivity index (χ0) is 23.7. The van der Waals surface area contributed by atoms with Crippen LogP contribution >= 0.6 is 0 Å². The molecule has 3 aromatic carbocycles. The fourth-order valence-corrected chi connectivity index (χ4v) is 3.67. The third-order valence-electron chi connectivity index (χ3n) is 5.30. The summed E-state index contributed by atoms with van der Waals surface area (Å²) < 4.78 is 25.3. The van der Waals surface area contributed by atoms with Gasteiger partial charge in [0.15, 0.2) is 0 Å². The number of nitrogens with two attached hydrogens (primary N) is 1. The number of ether oxygens (including phenoxy) is 2. The van der Waals surface area contributed by atoms with Crippen LogP contribution in [0.15, 0.2) is 53.3 Å². The SMILES string of the molecule is COc1cc(OC)c2c(Cc3ccc(F)c(-c4ccc(N)c([N+](=O)[O-])c4)c3)n[nH]c(=O)c2c1. The molecule has 9 nitrogen and oxygen atoms in total. The van der Waals surface area contributed by atoms with Crippen LogP contribution in [0.2, 0.25) is 0 Å². The van der Waals surface area contributed by atoms with Crippen molar-refractivity contribution in [2.24, 2.45) is 0 Å². The Balaban J connectivity index is 1.82. The number of H-pyrrole nitrogens is 1. The minimum atomic E-state index is -0.614. The molecule has 0 aliphatic carbocycles. The van der Waals surface area contributed by atoms with Crippen LogP contribution in [0, 0.1) is 15.9 Å². The fourth-order valence-electron chi connectivity index (χ4n) is 3.67. The van der Waals surface area contributed by atoms with Gasteiger partial charge in [-0.2, -0.15) is 5.10 Å². The Hall–Kier alpha value is -4.47. The lowest BCUT2D eigenvalue weighted by Gasteiger charge is -2.12. The summed E-state index contributed by atoms with van der Waals surface area (Å²) in [4.78, 5) is 23.0. The van der Waals surface area contributed by atoms with Crippen LogP contribution in [0.25, 0.3) is 21.9 Å². The summed E-state index contributed by atoms with van der Waals surface area (Å²) in [5.74, 6) is 0.324. The average Bonchev–Trinajstić information content (AvgIpc) is 2.81. The fraction of sp³-hybridized carbons (Fsp3) is 0.130. The van der Waals surface area contributed by atoms with Crippen LogP contribution in [0.4, 0.5) is 15.8 Å². The summed E-state index contributed by atoms with van der Waals surface area (Å²) in [7, 11) is 2.96. The molecular formula is C23H19FN4O5. The lowest BCUT2D eigenvalue weighted by Crippen LogP contribution is -2.12. The highest BCUT2D eigenvalue weighted by Crippen LogP contribution is 2.34. The Morgan fingerprint density at radius 1 is 1.12 bits per heavy atom. The van der Waals surface area contributed by atoms with Gasteiger partial charge < -0.3 is 15.2 Å².